The Labute approximate surface area is 177 Å². The third-order valence-corrected chi connectivity index (χ3v) is 5.45. The molecular weight excluding hydrogens is 416 g/mol. The molecule has 0 aliphatic rings. The molecule has 1 aromatic carbocycles. The number of aryl methyl sites for hydroxylation is 1. The smallest absolute Gasteiger partial charge is 0.341 e. The number of hydrogen-bond donors (Lipinski definition) is 2. The summed E-state index contributed by atoms with van der Waals surface area (Å²) < 4.78 is 6.74. The van der Waals surface area contributed by atoms with Crippen molar-refractivity contribution < 1.29 is 9.53 Å². The van der Waals surface area contributed by atoms with Crippen LogP contribution in [0.2, 0.25) is 5.02 Å². The van der Waals surface area contributed by atoms with Gasteiger partial charge in [0.1, 0.15) is 10.6 Å². The minimum absolute atomic E-state index is 0.403. The summed E-state index contributed by atoms with van der Waals surface area (Å²) in [7, 11) is 1.37. The minimum Gasteiger partial charge on any atom is -0.465 e. The zero-order valence-corrected chi connectivity index (χ0v) is 17.7. The largest absolute Gasteiger partial charge is 0.465 e. The minimum atomic E-state index is -0.403. The third kappa shape index (κ3) is 4.70. The monoisotopic (exact) mass is 434 g/mol. The van der Waals surface area contributed by atoms with Crippen LogP contribution in [0, 0.1) is 6.92 Å². The van der Waals surface area contributed by atoms with Crippen LogP contribution in [0.1, 0.15) is 15.2 Å². The summed E-state index contributed by atoms with van der Waals surface area (Å²) in [6.07, 6.45) is 3.32. The van der Waals surface area contributed by atoms with Gasteiger partial charge >= 0.3 is 5.97 Å². The van der Waals surface area contributed by atoms with E-state index in [2.05, 4.69) is 15.7 Å². The Balaban J connectivity index is 1.75. The maximum absolute atomic E-state index is 12.5. The van der Waals surface area contributed by atoms with Crippen LogP contribution in [0.4, 0.5) is 5.00 Å². The number of esters is 1. The fraction of sp³-hybridized carbons (Fsp3) is 0.211. The summed E-state index contributed by atoms with van der Waals surface area (Å²) >= 11 is 12.7. The molecule has 2 N–H and O–H groups in total. The molecule has 0 amide bonds. The molecule has 0 aliphatic carbocycles. The second kappa shape index (κ2) is 9.18. The molecule has 0 atom stereocenters. The van der Waals surface area contributed by atoms with Crippen LogP contribution in [0.15, 0.2) is 42.7 Å². The lowest BCUT2D eigenvalue weighted by Gasteiger charge is -2.11. The Bertz CT molecular complexity index is 985. The molecule has 0 fully saturated rings. The van der Waals surface area contributed by atoms with Gasteiger partial charge in [0.05, 0.1) is 24.9 Å². The highest BCUT2D eigenvalue weighted by Crippen LogP contribution is 2.40. The number of nitrogens with one attached hydrogen (secondary N) is 2. The van der Waals surface area contributed by atoms with Gasteiger partial charge in [-0.15, -0.1) is 11.3 Å². The van der Waals surface area contributed by atoms with Crippen molar-refractivity contribution in [2.75, 3.05) is 19.0 Å². The van der Waals surface area contributed by atoms with Crippen LogP contribution in [-0.2, 0) is 11.3 Å². The first-order chi connectivity index (χ1) is 13.5. The van der Waals surface area contributed by atoms with E-state index in [0.717, 1.165) is 16.0 Å². The number of thiophene rings is 1. The highest BCUT2D eigenvalue weighted by atomic mass is 35.5. The molecule has 6 nitrogen and oxygen atoms in total. The van der Waals surface area contributed by atoms with E-state index >= 15 is 0 Å². The van der Waals surface area contributed by atoms with E-state index in [1.165, 1.54) is 18.4 Å². The molecule has 0 radical (unpaired) electrons. The molecule has 3 rings (SSSR count). The Morgan fingerprint density at radius 3 is 2.75 bits per heavy atom. The van der Waals surface area contributed by atoms with Crippen molar-refractivity contribution >= 4 is 51.2 Å². The molecule has 146 valence electrons. The molecule has 0 saturated heterocycles. The highest BCUT2D eigenvalue weighted by molar-refractivity contribution is 7.80. The van der Waals surface area contributed by atoms with Crippen LogP contribution in [0.25, 0.3) is 11.1 Å². The number of hydrogen-bond acceptors (Lipinski definition) is 5. The van der Waals surface area contributed by atoms with Gasteiger partial charge in [-0.25, -0.2) is 4.79 Å². The van der Waals surface area contributed by atoms with E-state index < -0.39 is 5.97 Å². The first-order valence-corrected chi connectivity index (χ1v) is 10.1. The van der Waals surface area contributed by atoms with Gasteiger partial charge in [-0.2, -0.15) is 5.10 Å². The molecule has 0 unspecified atom stereocenters. The number of aromatic nitrogens is 2. The number of anilines is 1. The van der Waals surface area contributed by atoms with Crippen molar-refractivity contribution in [3.05, 3.63) is 58.2 Å². The lowest BCUT2D eigenvalue weighted by molar-refractivity contribution is 0.0603. The predicted octanol–water partition coefficient (Wildman–Crippen LogP) is 4.35. The first-order valence-electron chi connectivity index (χ1n) is 8.49. The topological polar surface area (TPSA) is 68.2 Å². The van der Waals surface area contributed by atoms with Crippen molar-refractivity contribution in [1.29, 1.82) is 0 Å². The van der Waals surface area contributed by atoms with Gasteiger partial charge in [0.2, 0.25) is 0 Å². The molecule has 0 bridgehead atoms. The molecule has 2 heterocycles. The Hall–Kier alpha value is -2.42. The number of nitrogens with zero attached hydrogens (tertiary/aromatic N) is 2. The van der Waals surface area contributed by atoms with Crippen molar-refractivity contribution in [2.24, 2.45) is 0 Å². The maximum atomic E-state index is 12.5. The number of rotatable bonds is 6. The molecule has 0 spiro atoms. The van der Waals surface area contributed by atoms with Crippen molar-refractivity contribution in [1.82, 2.24) is 15.1 Å². The third-order valence-electron chi connectivity index (χ3n) is 3.99. The average Bonchev–Trinajstić information content (AvgIpc) is 3.24. The zero-order chi connectivity index (χ0) is 20.1. The number of ether oxygens (including phenoxy) is 1. The Morgan fingerprint density at radius 2 is 2.11 bits per heavy atom. The van der Waals surface area contributed by atoms with Gasteiger partial charge in [-0.05, 0) is 24.7 Å². The summed E-state index contributed by atoms with van der Waals surface area (Å²) in [5, 5.41) is 12.0. The predicted molar refractivity (Wildman–Crippen MR) is 117 cm³/mol. The number of benzene rings is 1. The number of methoxy groups -OCH3 is 1. The molecular formula is C19H19ClN4O2S2. The second-order valence-corrected chi connectivity index (χ2v) is 7.97. The summed E-state index contributed by atoms with van der Waals surface area (Å²) in [4.78, 5) is 13.5. The number of carbonyl (C=O) groups is 1. The Morgan fingerprint density at radius 1 is 1.36 bits per heavy atom. The Kier molecular flexibility index (Phi) is 6.66. The fourth-order valence-electron chi connectivity index (χ4n) is 2.77. The van der Waals surface area contributed by atoms with Gasteiger partial charge in [0.25, 0.3) is 0 Å². The van der Waals surface area contributed by atoms with Crippen LogP contribution in [0.3, 0.4) is 0 Å². The van der Waals surface area contributed by atoms with Gasteiger partial charge in [-0.1, -0.05) is 41.9 Å². The maximum Gasteiger partial charge on any atom is 0.341 e. The standard InChI is InChI=1S/C19H19ClN4O2S2/c1-12-15(13-6-4-3-5-7-13)16(18(25)26-2)17(28-12)23-19(27)21-8-9-24-11-14(20)10-22-24/h3-7,10-11H,8-9H2,1-2H3,(H2,21,23,27). The lowest BCUT2D eigenvalue weighted by Crippen LogP contribution is -2.31. The van der Waals surface area contributed by atoms with Crippen molar-refractivity contribution in [3.63, 3.8) is 0 Å². The van der Waals surface area contributed by atoms with Gasteiger partial charge in [0.15, 0.2) is 5.11 Å². The summed E-state index contributed by atoms with van der Waals surface area (Å²) in [6, 6.07) is 9.75. The van der Waals surface area contributed by atoms with E-state index in [4.69, 9.17) is 28.6 Å². The van der Waals surface area contributed by atoms with Crippen LogP contribution in [0.5, 0.6) is 0 Å². The zero-order valence-electron chi connectivity index (χ0n) is 15.4. The average molecular weight is 435 g/mol. The molecule has 2 aromatic heterocycles. The van der Waals surface area contributed by atoms with E-state index in [1.807, 2.05) is 37.3 Å². The van der Waals surface area contributed by atoms with E-state index in [1.54, 1.807) is 17.1 Å². The van der Waals surface area contributed by atoms with Gasteiger partial charge < -0.3 is 15.4 Å². The molecule has 3 aromatic rings. The van der Waals surface area contributed by atoms with Crippen molar-refractivity contribution in [3.8, 4) is 11.1 Å². The normalized spacial score (nSPS) is 10.5. The van der Waals surface area contributed by atoms with Crippen LogP contribution >= 0.6 is 35.2 Å². The van der Waals surface area contributed by atoms with Gasteiger partial charge in [-0.3, -0.25) is 4.68 Å². The van der Waals surface area contributed by atoms with E-state index in [-0.39, 0.29) is 0 Å². The number of carbonyl (C=O) groups excluding carboxylic acids is 1. The molecule has 0 aliphatic heterocycles. The van der Waals surface area contributed by atoms with Crippen LogP contribution in [-0.4, -0.2) is 34.5 Å². The second-order valence-electron chi connectivity index (χ2n) is 5.90. The molecule has 28 heavy (non-hydrogen) atoms. The SMILES string of the molecule is COC(=O)c1c(NC(=S)NCCn2cc(Cl)cn2)sc(C)c1-c1ccccc1. The summed E-state index contributed by atoms with van der Waals surface area (Å²) in [6.45, 7) is 3.15. The van der Waals surface area contributed by atoms with Crippen LogP contribution < -0.4 is 10.6 Å². The molecule has 0 saturated carbocycles. The van der Waals surface area contributed by atoms with Gasteiger partial charge in [0, 0.05) is 23.2 Å². The highest BCUT2D eigenvalue weighted by Gasteiger charge is 2.24. The lowest BCUT2D eigenvalue weighted by atomic mass is 10.0. The van der Waals surface area contributed by atoms with Crippen molar-refractivity contribution in [2.45, 2.75) is 13.5 Å². The van der Waals surface area contributed by atoms with E-state index in [0.29, 0.717) is 33.8 Å². The fourth-order valence-corrected chi connectivity index (χ4v) is 4.27. The summed E-state index contributed by atoms with van der Waals surface area (Å²) in [5.74, 6) is -0.403. The molecule has 9 heteroatoms. The number of thiocarbonyl (C=S) groups is 1. The first kappa shape index (κ1) is 20.3. The summed E-state index contributed by atoms with van der Waals surface area (Å²) in [5.41, 5.74) is 2.30. The van der Waals surface area contributed by atoms with E-state index in [9.17, 15) is 4.79 Å². The quantitative estimate of drug-likeness (QED) is 0.444. The number of halogens is 1.